The number of hydrogen-bond donors (Lipinski definition) is 2. The molecule has 2 fully saturated rings. The molecule has 0 saturated heterocycles. The second-order valence-corrected chi connectivity index (χ2v) is 5.09. The molecule has 0 aliphatic heterocycles. The fourth-order valence-electron chi connectivity index (χ4n) is 2.53. The van der Waals surface area contributed by atoms with Gasteiger partial charge in [-0.2, -0.15) is 0 Å². The minimum absolute atomic E-state index is 0.272. The Morgan fingerprint density at radius 3 is 2.27 bits per heavy atom. The minimum atomic E-state index is 0.272. The van der Waals surface area contributed by atoms with Crippen LogP contribution in [0, 0.1) is 11.8 Å². The zero-order valence-electron chi connectivity index (χ0n) is 9.37. The molecule has 2 aliphatic carbocycles. The summed E-state index contributed by atoms with van der Waals surface area (Å²) >= 11 is 0. The predicted octanol–water partition coefficient (Wildman–Crippen LogP) is 1.42. The van der Waals surface area contributed by atoms with E-state index in [1.807, 2.05) is 0 Å². The first-order valence-electron chi connectivity index (χ1n) is 6.30. The van der Waals surface area contributed by atoms with Crippen LogP contribution in [0.4, 0.5) is 0 Å². The molecule has 0 aromatic heterocycles. The van der Waals surface area contributed by atoms with Gasteiger partial charge in [-0.25, -0.2) is 0 Å². The van der Waals surface area contributed by atoms with E-state index in [1.165, 1.54) is 19.3 Å². The predicted molar refractivity (Wildman–Crippen MR) is 60.3 cm³/mol. The van der Waals surface area contributed by atoms with E-state index in [-0.39, 0.29) is 5.92 Å². The van der Waals surface area contributed by atoms with Gasteiger partial charge in [0.05, 0.1) is 0 Å². The van der Waals surface area contributed by atoms with Crippen LogP contribution in [0.25, 0.3) is 0 Å². The third kappa shape index (κ3) is 2.71. The van der Waals surface area contributed by atoms with Crippen LogP contribution in [0.5, 0.6) is 0 Å². The van der Waals surface area contributed by atoms with Gasteiger partial charge in [0.2, 0.25) is 5.91 Å². The zero-order valence-corrected chi connectivity index (χ0v) is 9.37. The summed E-state index contributed by atoms with van der Waals surface area (Å²) in [6, 6.07) is 0.490. The summed E-state index contributed by atoms with van der Waals surface area (Å²) in [5.74, 6) is 1.24. The molecular formula is C12H22N2O. The number of carbonyl (C=O) groups excluding carboxylic acids is 1. The summed E-state index contributed by atoms with van der Waals surface area (Å²) in [7, 11) is 0. The first-order valence-corrected chi connectivity index (χ1v) is 6.30. The number of amides is 1. The van der Waals surface area contributed by atoms with E-state index in [0.29, 0.717) is 17.9 Å². The van der Waals surface area contributed by atoms with Crippen molar-refractivity contribution >= 4 is 5.91 Å². The lowest BCUT2D eigenvalue weighted by molar-refractivity contribution is -0.127. The smallest absolute Gasteiger partial charge is 0.223 e. The Kier molecular flexibility index (Phi) is 3.62. The van der Waals surface area contributed by atoms with Gasteiger partial charge in [0, 0.05) is 12.0 Å². The standard InChI is InChI=1S/C12H22N2O/c13-8-9-4-6-10(7-5-9)12(15)14-11-2-1-3-11/h9-11H,1-8,13H2,(H,14,15). The van der Waals surface area contributed by atoms with Crippen LogP contribution >= 0.6 is 0 Å². The number of nitrogens with two attached hydrogens (primary N) is 1. The second kappa shape index (κ2) is 4.97. The van der Waals surface area contributed by atoms with Gasteiger partial charge in [-0.1, -0.05) is 0 Å². The van der Waals surface area contributed by atoms with Gasteiger partial charge in [-0.15, -0.1) is 0 Å². The van der Waals surface area contributed by atoms with E-state index in [0.717, 1.165) is 32.2 Å². The Labute approximate surface area is 91.8 Å². The van der Waals surface area contributed by atoms with Gasteiger partial charge >= 0.3 is 0 Å². The SMILES string of the molecule is NCC1CCC(C(=O)NC2CCC2)CC1. The third-order valence-electron chi connectivity index (χ3n) is 4.00. The lowest BCUT2D eigenvalue weighted by Crippen LogP contribution is -2.43. The van der Waals surface area contributed by atoms with Gasteiger partial charge in [-0.05, 0) is 57.4 Å². The molecule has 3 heteroatoms. The van der Waals surface area contributed by atoms with Gasteiger partial charge in [0.1, 0.15) is 0 Å². The van der Waals surface area contributed by atoms with Gasteiger partial charge in [0.25, 0.3) is 0 Å². The normalized spacial score (nSPS) is 32.1. The molecular weight excluding hydrogens is 188 g/mol. The van der Waals surface area contributed by atoms with Crippen molar-refractivity contribution in [1.82, 2.24) is 5.32 Å². The maximum absolute atomic E-state index is 11.9. The van der Waals surface area contributed by atoms with Crippen LogP contribution in [0.15, 0.2) is 0 Å². The molecule has 2 rings (SSSR count). The average Bonchev–Trinajstić information content (AvgIpc) is 2.23. The average molecular weight is 210 g/mol. The van der Waals surface area contributed by atoms with Crippen LogP contribution in [0.2, 0.25) is 0 Å². The van der Waals surface area contributed by atoms with Crippen molar-refractivity contribution in [3.05, 3.63) is 0 Å². The maximum atomic E-state index is 11.9. The van der Waals surface area contributed by atoms with E-state index < -0.39 is 0 Å². The number of hydrogen-bond acceptors (Lipinski definition) is 2. The molecule has 2 saturated carbocycles. The first kappa shape index (κ1) is 10.9. The summed E-state index contributed by atoms with van der Waals surface area (Å²) in [5.41, 5.74) is 5.64. The molecule has 0 aromatic carbocycles. The maximum Gasteiger partial charge on any atom is 0.223 e. The van der Waals surface area contributed by atoms with Gasteiger partial charge in [-0.3, -0.25) is 4.79 Å². The molecule has 2 aliphatic rings. The van der Waals surface area contributed by atoms with Crippen molar-refractivity contribution in [3.63, 3.8) is 0 Å². The molecule has 0 heterocycles. The van der Waals surface area contributed by atoms with Crippen LogP contribution in [-0.4, -0.2) is 18.5 Å². The van der Waals surface area contributed by atoms with Crippen molar-refractivity contribution < 1.29 is 4.79 Å². The molecule has 3 N–H and O–H groups in total. The Balaban J connectivity index is 1.71. The Morgan fingerprint density at radius 1 is 1.13 bits per heavy atom. The number of carbonyl (C=O) groups is 1. The minimum Gasteiger partial charge on any atom is -0.353 e. The van der Waals surface area contributed by atoms with E-state index in [9.17, 15) is 4.79 Å². The van der Waals surface area contributed by atoms with Gasteiger partial charge in [0.15, 0.2) is 0 Å². The molecule has 0 radical (unpaired) electrons. The molecule has 3 nitrogen and oxygen atoms in total. The van der Waals surface area contributed by atoms with Crippen molar-refractivity contribution in [2.45, 2.75) is 51.0 Å². The molecule has 86 valence electrons. The zero-order chi connectivity index (χ0) is 10.7. The van der Waals surface area contributed by atoms with E-state index in [1.54, 1.807) is 0 Å². The summed E-state index contributed by atoms with van der Waals surface area (Å²) in [4.78, 5) is 11.9. The Morgan fingerprint density at radius 2 is 1.80 bits per heavy atom. The highest BCUT2D eigenvalue weighted by Crippen LogP contribution is 2.29. The molecule has 0 bridgehead atoms. The van der Waals surface area contributed by atoms with Crippen molar-refractivity contribution in [3.8, 4) is 0 Å². The topological polar surface area (TPSA) is 55.1 Å². The summed E-state index contributed by atoms with van der Waals surface area (Å²) < 4.78 is 0. The Bertz CT molecular complexity index is 218. The van der Waals surface area contributed by atoms with Crippen molar-refractivity contribution in [2.24, 2.45) is 17.6 Å². The lowest BCUT2D eigenvalue weighted by atomic mass is 9.81. The van der Waals surface area contributed by atoms with Crippen LogP contribution < -0.4 is 11.1 Å². The second-order valence-electron chi connectivity index (χ2n) is 5.09. The highest BCUT2D eigenvalue weighted by Gasteiger charge is 2.28. The monoisotopic (exact) mass is 210 g/mol. The fourth-order valence-corrected chi connectivity index (χ4v) is 2.53. The fraction of sp³-hybridized carbons (Fsp3) is 0.917. The number of nitrogens with one attached hydrogen (secondary N) is 1. The summed E-state index contributed by atoms with van der Waals surface area (Å²) in [5, 5.41) is 3.15. The van der Waals surface area contributed by atoms with Crippen molar-refractivity contribution in [2.75, 3.05) is 6.54 Å². The highest BCUT2D eigenvalue weighted by atomic mass is 16.1. The molecule has 0 spiro atoms. The summed E-state index contributed by atoms with van der Waals surface area (Å²) in [6.45, 7) is 0.789. The lowest BCUT2D eigenvalue weighted by Gasteiger charge is -2.31. The van der Waals surface area contributed by atoms with E-state index in [2.05, 4.69) is 5.32 Å². The van der Waals surface area contributed by atoms with E-state index >= 15 is 0 Å². The largest absolute Gasteiger partial charge is 0.353 e. The molecule has 0 atom stereocenters. The highest BCUT2D eigenvalue weighted by molar-refractivity contribution is 5.79. The van der Waals surface area contributed by atoms with E-state index in [4.69, 9.17) is 5.73 Å². The van der Waals surface area contributed by atoms with Gasteiger partial charge < -0.3 is 11.1 Å². The van der Waals surface area contributed by atoms with Crippen LogP contribution in [-0.2, 0) is 4.79 Å². The third-order valence-corrected chi connectivity index (χ3v) is 4.00. The molecule has 15 heavy (non-hydrogen) atoms. The number of rotatable bonds is 3. The quantitative estimate of drug-likeness (QED) is 0.740. The first-order chi connectivity index (χ1) is 7.29. The molecule has 0 aromatic rings. The van der Waals surface area contributed by atoms with Crippen molar-refractivity contribution in [1.29, 1.82) is 0 Å². The Hall–Kier alpha value is -0.570. The van der Waals surface area contributed by atoms with Crippen LogP contribution in [0.1, 0.15) is 44.9 Å². The molecule has 0 unspecified atom stereocenters. The van der Waals surface area contributed by atoms with Crippen LogP contribution in [0.3, 0.4) is 0 Å². The summed E-state index contributed by atoms with van der Waals surface area (Å²) in [6.07, 6.45) is 8.01. The molecule has 1 amide bonds.